The van der Waals surface area contributed by atoms with E-state index in [0.29, 0.717) is 34.3 Å². The van der Waals surface area contributed by atoms with Gasteiger partial charge in [-0.2, -0.15) is 0 Å². The van der Waals surface area contributed by atoms with Crippen molar-refractivity contribution in [1.29, 1.82) is 0 Å². The Kier molecular flexibility index (Phi) is 4.26. The molecule has 6 heteroatoms. The fraction of sp³-hybridized carbons (Fsp3) is 0.0526. The zero-order valence-corrected chi connectivity index (χ0v) is 14.6. The van der Waals surface area contributed by atoms with Crippen LogP contribution in [0.1, 0.15) is 16.1 Å². The smallest absolute Gasteiger partial charge is 0.194 e. The normalized spacial score (nSPS) is 10.9. The second kappa shape index (κ2) is 6.70. The molecule has 0 saturated heterocycles. The van der Waals surface area contributed by atoms with Gasteiger partial charge in [0.05, 0.1) is 0 Å². The molecule has 2 aromatic heterocycles. The van der Waals surface area contributed by atoms with Crippen LogP contribution in [0.4, 0.5) is 0 Å². The molecule has 0 unspecified atom stereocenters. The van der Waals surface area contributed by atoms with E-state index in [1.54, 1.807) is 16.5 Å². The van der Waals surface area contributed by atoms with Gasteiger partial charge >= 0.3 is 0 Å². The van der Waals surface area contributed by atoms with Crippen LogP contribution in [0.15, 0.2) is 60.1 Å². The lowest BCUT2D eigenvalue weighted by Gasteiger charge is -2.11. The molecule has 4 aromatic rings. The molecule has 2 heterocycles. The molecule has 124 valence electrons. The van der Waals surface area contributed by atoms with Gasteiger partial charge in [0, 0.05) is 22.2 Å². The van der Waals surface area contributed by atoms with Gasteiger partial charge in [-0.1, -0.05) is 41.9 Å². The molecule has 0 aliphatic carbocycles. The van der Waals surface area contributed by atoms with E-state index < -0.39 is 0 Å². The molecule has 4 rings (SSSR count). The summed E-state index contributed by atoms with van der Waals surface area (Å²) in [5.41, 5.74) is 2.83. The van der Waals surface area contributed by atoms with Crippen molar-refractivity contribution in [3.63, 3.8) is 0 Å². The van der Waals surface area contributed by atoms with Crippen LogP contribution in [-0.4, -0.2) is 15.7 Å². The maximum Gasteiger partial charge on any atom is 0.194 e. The quantitative estimate of drug-likeness (QED) is 0.460. The molecule has 0 amide bonds. The third-order valence-electron chi connectivity index (χ3n) is 3.84. The van der Waals surface area contributed by atoms with Crippen molar-refractivity contribution in [2.75, 3.05) is 0 Å². The van der Waals surface area contributed by atoms with Gasteiger partial charge in [-0.25, -0.2) is 4.98 Å². The summed E-state index contributed by atoms with van der Waals surface area (Å²) in [5.74, 6) is 0.641. The van der Waals surface area contributed by atoms with E-state index in [4.69, 9.17) is 16.3 Å². The number of thiazole rings is 1. The second-order valence-electron chi connectivity index (χ2n) is 5.43. The molecule has 25 heavy (non-hydrogen) atoms. The molecular formula is C19H13ClN2O2S. The zero-order valence-electron chi connectivity index (χ0n) is 13.1. The highest BCUT2D eigenvalue weighted by atomic mass is 35.5. The van der Waals surface area contributed by atoms with Crippen LogP contribution < -0.4 is 4.74 Å². The summed E-state index contributed by atoms with van der Waals surface area (Å²) in [6, 6.07) is 15.3. The van der Waals surface area contributed by atoms with E-state index in [9.17, 15) is 4.79 Å². The monoisotopic (exact) mass is 368 g/mol. The Balaban J connectivity index is 1.76. The van der Waals surface area contributed by atoms with E-state index in [2.05, 4.69) is 4.98 Å². The third kappa shape index (κ3) is 3.04. The van der Waals surface area contributed by atoms with Crippen molar-refractivity contribution in [1.82, 2.24) is 9.38 Å². The first-order valence-electron chi connectivity index (χ1n) is 7.63. The van der Waals surface area contributed by atoms with E-state index in [1.807, 2.05) is 48.0 Å². The molecule has 0 spiro atoms. The second-order valence-corrected chi connectivity index (χ2v) is 6.74. The highest BCUT2D eigenvalue weighted by Gasteiger charge is 2.18. The minimum absolute atomic E-state index is 0.425. The number of hydrogen-bond donors (Lipinski definition) is 0. The number of aromatic nitrogens is 2. The molecule has 0 atom stereocenters. The standard InChI is InChI=1S/C19H13ClN2O2S/c20-14-6-7-17(24-12-13-4-2-1-3-5-13)15(10-14)18-16(11-23)22-8-9-25-19(22)21-18/h1-11H,12H2. The minimum atomic E-state index is 0.425. The number of carbonyl (C=O) groups is 1. The van der Waals surface area contributed by atoms with Gasteiger partial charge < -0.3 is 4.74 Å². The Bertz CT molecular complexity index is 1040. The van der Waals surface area contributed by atoms with Crippen molar-refractivity contribution in [3.8, 4) is 17.0 Å². The number of rotatable bonds is 5. The van der Waals surface area contributed by atoms with Gasteiger partial charge in [0.2, 0.25) is 0 Å². The molecule has 0 bridgehead atoms. The first kappa shape index (κ1) is 15.9. The summed E-state index contributed by atoms with van der Waals surface area (Å²) in [4.78, 5) is 17.0. The lowest BCUT2D eigenvalue weighted by molar-refractivity contribution is 0.111. The first-order chi connectivity index (χ1) is 12.3. The highest BCUT2D eigenvalue weighted by Crippen LogP contribution is 2.35. The first-order valence-corrected chi connectivity index (χ1v) is 8.89. The molecule has 0 aliphatic heterocycles. The van der Waals surface area contributed by atoms with Gasteiger partial charge in [0.1, 0.15) is 23.7 Å². The molecule has 2 aromatic carbocycles. The van der Waals surface area contributed by atoms with Crippen LogP contribution in [-0.2, 0) is 6.61 Å². The van der Waals surface area contributed by atoms with Gasteiger partial charge in [-0.15, -0.1) is 11.3 Å². The fourth-order valence-electron chi connectivity index (χ4n) is 2.66. The fourth-order valence-corrected chi connectivity index (χ4v) is 3.56. The largest absolute Gasteiger partial charge is 0.488 e. The molecule has 0 N–H and O–H groups in total. The third-order valence-corrected chi connectivity index (χ3v) is 4.84. The number of halogens is 1. The number of imidazole rings is 1. The average molecular weight is 369 g/mol. The average Bonchev–Trinajstić information content (AvgIpc) is 3.22. The Morgan fingerprint density at radius 3 is 2.84 bits per heavy atom. The lowest BCUT2D eigenvalue weighted by Crippen LogP contribution is -1.98. The summed E-state index contributed by atoms with van der Waals surface area (Å²) in [7, 11) is 0. The number of nitrogens with zero attached hydrogens (tertiary/aromatic N) is 2. The van der Waals surface area contributed by atoms with Crippen LogP contribution in [0.5, 0.6) is 5.75 Å². The summed E-state index contributed by atoms with van der Waals surface area (Å²) in [6.45, 7) is 0.425. The van der Waals surface area contributed by atoms with Gasteiger partial charge in [0.15, 0.2) is 11.2 Å². The summed E-state index contributed by atoms with van der Waals surface area (Å²) >= 11 is 7.65. The molecular weight excluding hydrogens is 356 g/mol. The van der Waals surface area contributed by atoms with Gasteiger partial charge in [0.25, 0.3) is 0 Å². The Morgan fingerprint density at radius 2 is 2.04 bits per heavy atom. The van der Waals surface area contributed by atoms with Gasteiger partial charge in [-0.05, 0) is 23.8 Å². The highest BCUT2D eigenvalue weighted by molar-refractivity contribution is 7.15. The Labute approximate surface area is 153 Å². The maximum atomic E-state index is 11.6. The van der Waals surface area contributed by atoms with Crippen molar-refractivity contribution < 1.29 is 9.53 Å². The van der Waals surface area contributed by atoms with Crippen molar-refractivity contribution >= 4 is 34.2 Å². The molecule has 0 fully saturated rings. The summed E-state index contributed by atoms with van der Waals surface area (Å²) in [5, 5.41) is 2.46. The maximum absolute atomic E-state index is 11.6. The van der Waals surface area contributed by atoms with E-state index in [-0.39, 0.29) is 0 Å². The predicted octanol–water partition coefficient (Wildman–Crippen LogP) is 5.11. The van der Waals surface area contributed by atoms with Crippen LogP contribution in [0, 0.1) is 0 Å². The molecule has 0 saturated carbocycles. The van der Waals surface area contributed by atoms with E-state index in [1.165, 1.54) is 11.3 Å². The predicted molar refractivity (Wildman–Crippen MR) is 99.7 cm³/mol. The van der Waals surface area contributed by atoms with E-state index >= 15 is 0 Å². The number of hydrogen-bond acceptors (Lipinski definition) is 4. The van der Waals surface area contributed by atoms with Crippen LogP contribution >= 0.6 is 22.9 Å². The van der Waals surface area contributed by atoms with Crippen molar-refractivity contribution in [2.24, 2.45) is 0 Å². The Hall–Kier alpha value is -2.63. The summed E-state index contributed by atoms with van der Waals surface area (Å²) < 4.78 is 7.76. The topological polar surface area (TPSA) is 43.6 Å². The number of ether oxygens (including phenoxy) is 1. The lowest BCUT2D eigenvalue weighted by atomic mass is 10.1. The number of aldehydes is 1. The summed E-state index contributed by atoms with van der Waals surface area (Å²) in [6.07, 6.45) is 2.64. The molecule has 0 aliphatic rings. The van der Waals surface area contributed by atoms with Crippen LogP contribution in [0.3, 0.4) is 0 Å². The number of benzene rings is 2. The number of fused-ring (bicyclic) bond motifs is 1. The van der Waals surface area contributed by atoms with Crippen molar-refractivity contribution in [3.05, 3.63) is 76.4 Å². The van der Waals surface area contributed by atoms with Crippen molar-refractivity contribution in [2.45, 2.75) is 6.61 Å². The number of carbonyl (C=O) groups excluding carboxylic acids is 1. The Morgan fingerprint density at radius 1 is 1.20 bits per heavy atom. The van der Waals surface area contributed by atoms with E-state index in [0.717, 1.165) is 16.8 Å². The van der Waals surface area contributed by atoms with Gasteiger partial charge in [-0.3, -0.25) is 9.20 Å². The van der Waals surface area contributed by atoms with Crippen LogP contribution in [0.25, 0.3) is 16.2 Å². The molecule has 0 radical (unpaired) electrons. The van der Waals surface area contributed by atoms with Crippen LogP contribution in [0.2, 0.25) is 5.02 Å². The minimum Gasteiger partial charge on any atom is -0.488 e. The molecule has 4 nitrogen and oxygen atoms in total. The SMILES string of the molecule is O=Cc1c(-c2cc(Cl)ccc2OCc2ccccc2)nc2sccn12. The zero-order chi connectivity index (χ0) is 17.2.